The van der Waals surface area contributed by atoms with Crippen LogP contribution in [-0.2, 0) is 19.1 Å². The minimum absolute atomic E-state index is 0.161. The highest BCUT2D eigenvalue weighted by Gasteiger charge is 2.11. The maximum absolute atomic E-state index is 12.0. The highest BCUT2D eigenvalue weighted by molar-refractivity contribution is 5.69. The Morgan fingerprint density at radius 2 is 0.720 bits per heavy atom. The van der Waals surface area contributed by atoms with Gasteiger partial charge in [-0.1, -0.05) is 142 Å². The SMILES string of the molecule is CC/C=C\C/C=C\C/C=C\C/C=C\C/C=C\CCCCCC(=O)OC[C@H](O)COC(=O)CCC/C=C\C/C=C\C/C=C\C/C=C\C/C=C\CC. The number of carbonyl (C=O) groups excluding carboxylic acids is 2. The zero-order chi connectivity index (χ0) is 36.4. The number of allylic oxidation sites excluding steroid dienone is 20. The van der Waals surface area contributed by atoms with Gasteiger partial charge in [-0.3, -0.25) is 9.59 Å². The van der Waals surface area contributed by atoms with Crippen LogP contribution in [0.1, 0.15) is 129 Å². The fraction of sp³-hybridized carbons (Fsp3) is 0.511. The second-order valence-electron chi connectivity index (χ2n) is 11.9. The van der Waals surface area contributed by atoms with E-state index in [4.69, 9.17) is 9.47 Å². The first kappa shape index (κ1) is 46.3. The summed E-state index contributed by atoms with van der Waals surface area (Å²) in [5.74, 6) is -0.683. The van der Waals surface area contributed by atoms with Gasteiger partial charge in [-0.15, -0.1) is 0 Å². The van der Waals surface area contributed by atoms with Crippen LogP contribution in [0, 0.1) is 0 Å². The Morgan fingerprint density at radius 3 is 1.08 bits per heavy atom. The molecule has 0 aromatic rings. The Bertz CT molecular complexity index is 1100. The fourth-order valence-electron chi connectivity index (χ4n) is 4.38. The zero-order valence-corrected chi connectivity index (χ0v) is 31.3. The smallest absolute Gasteiger partial charge is 0.305 e. The summed E-state index contributed by atoms with van der Waals surface area (Å²) in [6.07, 6.45) is 58.2. The molecule has 0 saturated heterocycles. The minimum atomic E-state index is -1.01. The van der Waals surface area contributed by atoms with E-state index in [-0.39, 0.29) is 25.2 Å². The van der Waals surface area contributed by atoms with E-state index in [1.54, 1.807) is 0 Å². The van der Waals surface area contributed by atoms with Crippen molar-refractivity contribution < 1.29 is 24.2 Å². The van der Waals surface area contributed by atoms with Crippen LogP contribution >= 0.6 is 0 Å². The summed E-state index contributed by atoms with van der Waals surface area (Å²) >= 11 is 0. The number of hydrogen-bond acceptors (Lipinski definition) is 5. The lowest BCUT2D eigenvalue weighted by atomic mass is 10.1. The molecule has 278 valence electrons. The summed E-state index contributed by atoms with van der Waals surface area (Å²) in [7, 11) is 0. The quantitative estimate of drug-likeness (QED) is 0.0433. The van der Waals surface area contributed by atoms with Gasteiger partial charge >= 0.3 is 11.9 Å². The molecule has 0 unspecified atom stereocenters. The lowest BCUT2D eigenvalue weighted by molar-refractivity contribution is -0.152. The van der Waals surface area contributed by atoms with Crippen LogP contribution in [0.15, 0.2) is 122 Å². The summed E-state index contributed by atoms with van der Waals surface area (Å²) in [6.45, 7) is 3.96. The molecule has 5 nitrogen and oxygen atoms in total. The van der Waals surface area contributed by atoms with Gasteiger partial charge in [0.2, 0.25) is 0 Å². The lowest BCUT2D eigenvalue weighted by Crippen LogP contribution is -2.25. The van der Waals surface area contributed by atoms with E-state index in [1.165, 1.54) is 0 Å². The monoisotopic (exact) mass is 689 g/mol. The lowest BCUT2D eigenvalue weighted by Gasteiger charge is -2.12. The topological polar surface area (TPSA) is 72.8 Å². The summed E-state index contributed by atoms with van der Waals surface area (Å²) in [6, 6.07) is 0. The summed E-state index contributed by atoms with van der Waals surface area (Å²) in [5, 5.41) is 10.0. The molecule has 0 amide bonds. The molecule has 0 fully saturated rings. The van der Waals surface area contributed by atoms with Crippen LogP contribution < -0.4 is 0 Å². The van der Waals surface area contributed by atoms with E-state index in [0.29, 0.717) is 19.3 Å². The van der Waals surface area contributed by atoms with Crippen LogP contribution in [-0.4, -0.2) is 36.4 Å². The first-order valence-electron chi connectivity index (χ1n) is 19.1. The molecule has 0 spiro atoms. The summed E-state index contributed by atoms with van der Waals surface area (Å²) < 4.78 is 10.3. The number of hydrogen-bond donors (Lipinski definition) is 1. The van der Waals surface area contributed by atoms with E-state index < -0.39 is 6.10 Å². The first-order valence-corrected chi connectivity index (χ1v) is 19.1. The van der Waals surface area contributed by atoms with Crippen molar-refractivity contribution >= 4 is 11.9 Å². The molecule has 0 aromatic heterocycles. The second kappa shape index (κ2) is 39.7. The van der Waals surface area contributed by atoms with Crippen molar-refractivity contribution in [3.05, 3.63) is 122 Å². The van der Waals surface area contributed by atoms with Crippen molar-refractivity contribution in [2.45, 2.75) is 136 Å². The minimum Gasteiger partial charge on any atom is -0.463 e. The van der Waals surface area contributed by atoms with Gasteiger partial charge in [0.1, 0.15) is 19.3 Å². The molecular weight excluding hydrogens is 620 g/mol. The average molecular weight is 689 g/mol. The molecule has 50 heavy (non-hydrogen) atoms. The Balaban J connectivity index is 3.66. The third kappa shape index (κ3) is 38.7. The molecule has 0 saturated carbocycles. The molecule has 0 rings (SSSR count). The Hall–Kier alpha value is -3.70. The number of carbonyl (C=O) groups is 2. The molecular formula is C45H68O5. The van der Waals surface area contributed by atoms with Gasteiger partial charge in [0.25, 0.3) is 0 Å². The van der Waals surface area contributed by atoms with Crippen molar-refractivity contribution in [2.75, 3.05) is 13.2 Å². The molecule has 0 heterocycles. The Kier molecular flexibility index (Phi) is 36.8. The predicted molar refractivity (Wildman–Crippen MR) is 214 cm³/mol. The van der Waals surface area contributed by atoms with Crippen LogP contribution in [0.4, 0.5) is 0 Å². The zero-order valence-electron chi connectivity index (χ0n) is 31.3. The number of aliphatic hydroxyl groups is 1. The normalized spacial score (nSPS) is 13.6. The van der Waals surface area contributed by atoms with E-state index in [9.17, 15) is 14.7 Å². The van der Waals surface area contributed by atoms with Crippen molar-refractivity contribution in [1.82, 2.24) is 0 Å². The van der Waals surface area contributed by atoms with E-state index >= 15 is 0 Å². The van der Waals surface area contributed by atoms with Gasteiger partial charge < -0.3 is 14.6 Å². The predicted octanol–water partition coefficient (Wildman–Crippen LogP) is 12.1. The number of unbranched alkanes of at least 4 members (excludes halogenated alkanes) is 4. The highest BCUT2D eigenvalue weighted by atomic mass is 16.6. The first-order chi connectivity index (χ1) is 24.6. The summed E-state index contributed by atoms with van der Waals surface area (Å²) in [5.41, 5.74) is 0. The van der Waals surface area contributed by atoms with E-state index in [0.717, 1.165) is 96.3 Å². The van der Waals surface area contributed by atoms with Crippen LogP contribution in [0.2, 0.25) is 0 Å². The van der Waals surface area contributed by atoms with E-state index in [2.05, 4.69) is 135 Å². The van der Waals surface area contributed by atoms with Crippen molar-refractivity contribution in [1.29, 1.82) is 0 Å². The van der Waals surface area contributed by atoms with Gasteiger partial charge in [-0.25, -0.2) is 0 Å². The van der Waals surface area contributed by atoms with E-state index in [1.807, 2.05) is 0 Å². The Morgan fingerprint density at radius 1 is 0.420 bits per heavy atom. The second-order valence-corrected chi connectivity index (χ2v) is 11.9. The number of aliphatic hydroxyl groups excluding tert-OH is 1. The number of ether oxygens (including phenoxy) is 2. The van der Waals surface area contributed by atoms with Gasteiger partial charge in [0, 0.05) is 12.8 Å². The third-order valence-corrected chi connectivity index (χ3v) is 7.19. The molecule has 0 aliphatic rings. The molecule has 1 N–H and O–H groups in total. The Labute approximate surface area is 305 Å². The van der Waals surface area contributed by atoms with Crippen molar-refractivity contribution in [3.63, 3.8) is 0 Å². The molecule has 5 heteroatoms. The third-order valence-electron chi connectivity index (χ3n) is 7.19. The van der Waals surface area contributed by atoms with Crippen molar-refractivity contribution in [2.24, 2.45) is 0 Å². The van der Waals surface area contributed by atoms with Gasteiger partial charge in [0.05, 0.1) is 0 Å². The molecule has 0 bridgehead atoms. The summed E-state index contributed by atoms with van der Waals surface area (Å²) in [4.78, 5) is 23.9. The van der Waals surface area contributed by atoms with Crippen LogP contribution in [0.25, 0.3) is 0 Å². The molecule has 1 atom stereocenters. The van der Waals surface area contributed by atoms with Crippen LogP contribution in [0.3, 0.4) is 0 Å². The fourth-order valence-corrected chi connectivity index (χ4v) is 4.38. The van der Waals surface area contributed by atoms with Crippen LogP contribution in [0.5, 0.6) is 0 Å². The molecule has 0 aliphatic heterocycles. The number of rotatable bonds is 32. The number of esters is 2. The molecule has 0 aliphatic carbocycles. The maximum atomic E-state index is 12.0. The van der Waals surface area contributed by atoms with Gasteiger partial charge in [-0.05, 0) is 96.3 Å². The molecule has 0 aromatic carbocycles. The van der Waals surface area contributed by atoms with Gasteiger partial charge in [0.15, 0.2) is 0 Å². The average Bonchev–Trinajstić information content (AvgIpc) is 3.12. The molecule has 0 radical (unpaired) electrons. The standard InChI is InChI=1S/C45H68O5/c1-3-5-7-9-11-13-15-17-19-21-22-24-26-28-30-32-34-36-38-40-45(48)50-42-43(46)41-49-44(47)39-37-35-33-31-29-27-25-23-20-18-16-14-12-10-8-6-4-2/h5-8,11-14,17-20,22,24-25,27-28,30-31,33,43,46H,3-4,9-10,15-16,21,23,26,29,32,34-42H2,1-2H3/b7-5-,8-6-,13-11-,14-12-,19-17-,20-18-,24-22-,27-25-,30-28-,33-31-/t43-/m1/s1. The highest BCUT2D eigenvalue weighted by Crippen LogP contribution is 2.07. The van der Waals surface area contributed by atoms with Crippen molar-refractivity contribution in [3.8, 4) is 0 Å². The largest absolute Gasteiger partial charge is 0.463 e. The van der Waals surface area contributed by atoms with Gasteiger partial charge in [-0.2, -0.15) is 0 Å². The maximum Gasteiger partial charge on any atom is 0.305 e.